The van der Waals surface area contributed by atoms with Crippen molar-refractivity contribution >= 4 is 11.8 Å². The molecule has 180 valence electrons. The Hall–Kier alpha value is -1.20. The van der Waals surface area contributed by atoms with E-state index in [0.717, 1.165) is 18.7 Å². The third-order valence-corrected chi connectivity index (χ3v) is 6.66. The highest BCUT2D eigenvalue weighted by molar-refractivity contribution is 5.81. The van der Waals surface area contributed by atoms with Crippen LogP contribution in [0.5, 0.6) is 0 Å². The maximum atomic E-state index is 11.3. The third kappa shape index (κ3) is 11.8. The summed E-state index contributed by atoms with van der Waals surface area (Å²) in [6.45, 7) is 4.12. The van der Waals surface area contributed by atoms with Crippen molar-refractivity contribution in [2.24, 2.45) is 10.7 Å². The predicted octanol–water partition coefficient (Wildman–Crippen LogP) is 7.12. The Morgan fingerprint density at radius 1 is 0.871 bits per heavy atom. The average Bonchev–Trinajstić information content (AvgIpc) is 3.13. The molecule has 5 heteroatoms. The molecular formula is C26H50N3O2+. The standard InChI is InChI=1S/C26H49N3O2/c1-3-4-5-6-7-8-9-10-11-12-13-14-15-16-17-18-19-20-25-28-21-22-29(25,24(2)27)23-26(30)31/h21-22,24H,3-20,23,27H2,1-2H3/p+1. The van der Waals surface area contributed by atoms with Crippen LogP contribution in [0.4, 0.5) is 0 Å². The lowest BCUT2D eigenvalue weighted by Crippen LogP contribution is -2.59. The summed E-state index contributed by atoms with van der Waals surface area (Å²) in [6, 6.07) is 0. The highest BCUT2D eigenvalue weighted by Crippen LogP contribution is 2.23. The van der Waals surface area contributed by atoms with E-state index in [1.807, 2.05) is 13.1 Å². The number of carboxylic acid groups (broad SMARTS) is 1. The number of quaternary nitrogens is 1. The summed E-state index contributed by atoms with van der Waals surface area (Å²) in [5, 5.41) is 9.27. The molecule has 0 fully saturated rings. The molecule has 0 aromatic heterocycles. The molecule has 0 bridgehead atoms. The monoisotopic (exact) mass is 436 g/mol. The number of hydrogen-bond donors (Lipinski definition) is 2. The van der Waals surface area contributed by atoms with Crippen molar-refractivity contribution in [3.63, 3.8) is 0 Å². The van der Waals surface area contributed by atoms with Crippen molar-refractivity contribution in [3.05, 3.63) is 12.4 Å². The molecular weight excluding hydrogens is 386 g/mol. The molecule has 1 aliphatic rings. The summed E-state index contributed by atoms with van der Waals surface area (Å²) < 4.78 is 0.175. The van der Waals surface area contributed by atoms with Gasteiger partial charge in [0.25, 0.3) is 0 Å². The van der Waals surface area contributed by atoms with Gasteiger partial charge < -0.3 is 5.11 Å². The van der Waals surface area contributed by atoms with E-state index in [0.29, 0.717) is 0 Å². The molecule has 1 heterocycles. The first-order valence-electron chi connectivity index (χ1n) is 13.1. The maximum Gasteiger partial charge on any atom is 0.360 e. The summed E-state index contributed by atoms with van der Waals surface area (Å²) >= 11 is 0. The molecule has 3 N–H and O–H groups in total. The van der Waals surface area contributed by atoms with Gasteiger partial charge >= 0.3 is 5.97 Å². The Kier molecular flexibility index (Phi) is 15.6. The van der Waals surface area contributed by atoms with E-state index in [-0.39, 0.29) is 17.2 Å². The summed E-state index contributed by atoms with van der Waals surface area (Å²) in [6.07, 6.45) is 27.2. The van der Waals surface area contributed by atoms with Gasteiger partial charge in [0.2, 0.25) is 5.84 Å². The minimum atomic E-state index is -0.834. The zero-order valence-corrected chi connectivity index (χ0v) is 20.5. The van der Waals surface area contributed by atoms with Crippen LogP contribution in [-0.4, -0.2) is 34.1 Å². The zero-order chi connectivity index (χ0) is 22.8. The van der Waals surface area contributed by atoms with Crippen molar-refractivity contribution in [2.75, 3.05) is 6.54 Å². The summed E-state index contributed by atoms with van der Waals surface area (Å²) in [5.41, 5.74) is 6.11. The maximum absolute atomic E-state index is 11.3. The molecule has 0 aromatic rings. The lowest BCUT2D eigenvalue weighted by atomic mass is 10.0. The van der Waals surface area contributed by atoms with E-state index >= 15 is 0 Å². The first kappa shape index (κ1) is 27.8. The predicted molar refractivity (Wildman–Crippen MR) is 132 cm³/mol. The minimum Gasteiger partial charge on any atom is -0.477 e. The Morgan fingerprint density at radius 3 is 1.68 bits per heavy atom. The molecule has 2 atom stereocenters. The molecule has 31 heavy (non-hydrogen) atoms. The molecule has 5 nitrogen and oxygen atoms in total. The molecule has 0 amide bonds. The number of amidine groups is 1. The SMILES string of the molecule is CCCCCCCCCCCCCCCCCCCC1=NC=C[N+]1(CC(=O)O)C(C)N. The molecule has 0 saturated carbocycles. The summed E-state index contributed by atoms with van der Waals surface area (Å²) in [4.78, 5) is 15.7. The number of aliphatic imine (C=N–C) groups is 1. The molecule has 0 spiro atoms. The van der Waals surface area contributed by atoms with Gasteiger partial charge in [0.1, 0.15) is 12.4 Å². The molecule has 0 aliphatic carbocycles. The van der Waals surface area contributed by atoms with Gasteiger partial charge in [0.15, 0.2) is 6.54 Å². The van der Waals surface area contributed by atoms with Gasteiger partial charge in [-0.1, -0.05) is 110 Å². The number of carbonyl (C=O) groups is 1. The fourth-order valence-corrected chi connectivity index (χ4v) is 4.60. The number of rotatable bonds is 21. The van der Waals surface area contributed by atoms with Crippen LogP contribution in [0, 0.1) is 0 Å². The molecule has 0 radical (unpaired) electrons. The second-order valence-corrected chi connectivity index (χ2v) is 9.47. The van der Waals surface area contributed by atoms with Crippen molar-refractivity contribution in [3.8, 4) is 0 Å². The Bertz CT molecular complexity index is 531. The highest BCUT2D eigenvalue weighted by Gasteiger charge is 2.40. The van der Waals surface area contributed by atoms with Crippen molar-refractivity contribution in [1.29, 1.82) is 0 Å². The number of nitrogens with zero attached hydrogens (tertiary/aromatic N) is 2. The fourth-order valence-electron chi connectivity index (χ4n) is 4.60. The largest absolute Gasteiger partial charge is 0.477 e. The van der Waals surface area contributed by atoms with Crippen molar-refractivity contribution in [1.82, 2.24) is 0 Å². The Labute approximate surface area is 191 Å². The molecule has 1 rings (SSSR count). The van der Waals surface area contributed by atoms with Crippen LogP contribution >= 0.6 is 0 Å². The topological polar surface area (TPSA) is 75.7 Å². The number of aliphatic carboxylic acids is 1. The van der Waals surface area contributed by atoms with Gasteiger partial charge in [0, 0.05) is 13.3 Å². The number of hydrogen-bond acceptors (Lipinski definition) is 3. The van der Waals surface area contributed by atoms with Crippen LogP contribution in [0.15, 0.2) is 17.4 Å². The Morgan fingerprint density at radius 2 is 1.29 bits per heavy atom. The lowest BCUT2D eigenvalue weighted by molar-refractivity contribution is -0.805. The van der Waals surface area contributed by atoms with E-state index in [1.54, 1.807) is 6.20 Å². The number of carboxylic acids is 1. The van der Waals surface area contributed by atoms with E-state index in [4.69, 9.17) is 5.73 Å². The minimum absolute atomic E-state index is 0.0219. The summed E-state index contributed by atoms with van der Waals surface area (Å²) in [7, 11) is 0. The smallest absolute Gasteiger partial charge is 0.360 e. The highest BCUT2D eigenvalue weighted by atomic mass is 16.4. The van der Waals surface area contributed by atoms with Crippen molar-refractivity contribution in [2.45, 2.75) is 136 Å². The Balaban J connectivity index is 1.94. The molecule has 1 aliphatic heterocycles. The summed E-state index contributed by atoms with van der Waals surface area (Å²) in [5.74, 6) is 0.0670. The van der Waals surface area contributed by atoms with Crippen LogP contribution in [0.1, 0.15) is 129 Å². The van der Waals surface area contributed by atoms with Gasteiger partial charge in [0.05, 0.1) is 6.20 Å². The van der Waals surface area contributed by atoms with Gasteiger partial charge in [-0.15, -0.1) is 0 Å². The van der Waals surface area contributed by atoms with Crippen molar-refractivity contribution < 1.29 is 14.4 Å². The second-order valence-electron chi connectivity index (χ2n) is 9.47. The number of unbranched alkanes of at least 4 members (excludes halogenated alkanes) is 16. The van der Waals surface area contributed by atoms with E-state index in [2.05, 4.69) is 11.9 Å². The zero-order valence-electron chi connectivity index (χ0n) is 20.5. The molecule has 0 aromatic carbocycles. The average molecular weight is 437 g/mol. The van der Waals surface area contributed by atoms with Crippen LogP contribution in [0.2, 0.25) is 0 Å². The lowest BCUT2D eigenvalue weighted by Gasteiger charge is -2.34. The van der Waals surface area contributed by atoms with Crippen LogP contribution < -0.4 is 5.73 Å². The third-order valence-electron chi connectivity index (χ3n) is 6.66. The van der Waals surface area contributed by atoms with Gasteiger partial charge in [-0.05, 0) is 6.42 Å². The van der Waals surface area contributed by atoms with E-state index < -0.39 is 5.97 Å². The number of nitrogens with two attached hydrogens (primary N) is 1. The van der Waals surface area contributed by atoms with Gasteiger partial charge in [-0.3, -0.25) is 5.73 Å². The normalized spacial score (nSPS) is 19.0. The van der Waals surface area contributed by atoms with Gasteiger partial charge in [-0.2, -0.15) is 0 Å². The van der Waals surface area contributed by atoms with Gasteiger partial charge in [-0.25, -0.2) is 14.3 Å². The first-order valence-corrected chi connectivity index (χ1v) is 13.1. The molecule has 2 unspecified atom stereocenters. The van der Waals surface area contributed by atoms with E-state index in [9.17, 15) is 9.90 Å². The van der Waals surface area contributed by atoms with Crippen LogP contribution in [0.3, 0.4) is 0 Å². The van der Waals surface area contributed by atoms with E-state index in [1.165, 1.54) is 103 Å². The van der Waals surface area contributed by atoms with Crippen LogP contribution in [0.25, 0.3) is 0 Å². The quantitative estimate of drug-likeness (QED) is 0.149. The first-order chi connectivity index (χ1) is 15.0. The second kappa shape index (κ2) is 17.4. The molecule has 0 saturated heterocycles. The van der Waals surface area contributed by atoms with Crippen LogP contribution in [-0.2, 0) is 4.79 Å². The fraction of sp³-hybridized carbons (Fsp3) is 0.846.